The van der Waals surface area contributed by atoms with Gasteiger partial charge < -0.3 is 11.1 Å². The minimum Gasteiger partial charge on any atom is -0.355 e. The first-order valence-electron chi connectivity index (χ1n) is 8.53. The molecule has 120 valence electrons. The van der Waals surface area contributed by atoms with E-state index in [-0.39, 0.29) is 23.3 Å². The predicted octanol–water partition coefficient (Wildman–Crippen LogP) is 2.74. The van der Waals surface area contributed by atoms with E-state index >= 15 is 0 Å². The van der Waals surface area contributed by atoms with Crippen molar-refractivity contribution in [3.05, 3.63) is 35.9 Å². The van der Waals surface area contributed by atoms with E-state index in [4.69, 9.17) is 5.73 Å². The lowest BCUT2D eigenvalue weighted by atomic mass is 9.83. The lowest BCUT2D eigenvalue weighted by Gasteiger charge is -2.30. The topological polar surface area (TPSA) is 55.1 Å². The molecular formula is C19H28N2O. The van der Waals surface area contributed by atoms with Gasteiger partial charge in [-0.25, -0.2) is 0 Å². The number of benzene rings is 1. The van der Waals surface area contributed by atoms with Gasteiger partial charge in [-0.05, 0) is 48.5 Å². The third-order valence-electron chi connectivity index (χ3n) is 5.55. The molecule has 0 aliphatic heterocycles. The van der Waals surface area contributed by atoms with Crippen LogP contribution in [0.3, 0.4) is 0 Å². The highest BCUT2D eigenvalue weighted by molar-refractivity contribution is 5.80. The number of carbonyl (C=O) groups is 1. The summed E-state index contributed by atoms with van der Waals surface area (Å²) in [4.78, 5) is 12.6. The number of hydrogen-bond donors (Lipinski definition) is 2. The second kappa shape index (κ2) is 6.04. The maximum atomic E-state index is 12.6. The van der Waals surface area contributed by atoms with Gasteiger partial charge in [-0.15, -0.1) is 0 Å². The van der Waals surface area contributed by atoms with Gasteiger partial charge in [0, 0.05) is 12.6 Å². The SMILES string of the molecule is CC(C)(CNC(=O)C1C2CCC(C2)C1N)Cc1ccccc1. The van der Waals surface area contributed by atoms with Crippen LogP contribution in [0.1, 0.15) is 38.7 Å². The summed E-state index contributed by atoms with van der Waals surface area (Å²) < 4.78 is 0. The third kappa shape index (κ3) is 3.19. The van der Waals surface area contributed by atoms with Crippen LogP contribution in [-0.2, 0) is 11.2 Å². The molecule has 0 aromatic heterocycles. The zero-order valence-electron chi connectivity index (χ0n) is 13.7. The Morgan fingerprint density at radius 1 is 1.23 bits per heavy atom. The fraction of sp³-hybridized carbons (Fsp3) is 0.632. The number of nitrogens with one attached hydrogen (secondary N) is 1. The van der Waals surface area contributed by atoms with Crippen molar-refractivity contribution in [1.29, 1.82) is 0 Å². The molecule has 2 aliphatic rings. The molecular weight excluding hydrogens is 272 g/mol. The summed E-state index contributed by atoms with van der Waals surface area (Å²) in [6.07, 6.45) is 4.53. The lowest BCUT2D eigenvalue weighted by molar-refractivity contribution is -0.127. The average molecular weight is 300 g/mol. The monoisotopic (exact) mass is 300 g/mol. The van der Waals surface area contributed by atoms with Gasteiger partial charge in [0.25, 0.3) is 0 Å². The third-order valence-corrected chi connectivity index (χ3v) is 5.55. The van der Waals surface area contributed by atoms with E-state index in [1.54, 1.807) is 0 Å². The van der Waals surface area contributed by atoms with Crippen molar-refractivity contribution in [3.63, 3.8) is 0 Å². The molecule has 2 saturated carbocycles. The van der Waals surface area contributed by atoms with E-state index in [0.717, 1.165) is 12.8 Å². The van der Waals surface area contributed by atoms with Crippen molar-refractivity contribution in [2.24, 2.45) is 28.9 Å². The number of fused-ring (bicyclic) bond motifs is 2. The second-order valence-electron chi connectivity index (χ2n) is 7.98. The Morgan fingerprint density at radius 3 is 2.55 bits per heavy atom. The van der Waals surface area contributed by atoms with Gasteiger partial charge in [0.1, 0.15) is 0 Å². The number of hydrogen-bond acceptors (Lipinski definition) is 2. The quantitative estimate of drug-likeness (QED) is 0.878. The molecule has 1 aromatic carbocycles. The number of rotatable bonds is 5. The highest BCUT2D eigenvalue weighted by Crippen LogP contribution is 2.47. The van der Waals surface area contributed by atoms with Crippen molar-refractivity contribution in [1.82, 2.24) is 5.32 Å². The maximum Gasteiger partial charge on any atom is 0.224 e. The summed E-state index contributed by atoms with van der Waals surface area (Å²) in [7, 11) is 0. The summed E-state index contributed by atoms with van der Waals surface area (Å²) >= 11 is 0. The van der Waals surface area contributed by atoms with E-state index in [2.05, 4.69) is 43.4 Å². The Bertz CT molecular complexity index is 523. The number of nitrogens with two attached hydrogens (primary N) is 1. The van der Waals surface area contributed by atoms with Crippen LogP contribution in [0.15, 0.2) is 30.3 Å². The van der Waals surface area contributed by atoms with Crippen LogP contribution in [0.5, 0.6) is 0 Å². The summed E-state index contributed by atoms with van der Waals surface area (Å²) in [5, 5.41) is 3.18. The van der Waals surface area contributed by atoms with Gasteiger partial charge in [0.2, 0.25) is 5.91 Å². The van der Waals surface area contributed by atoms with Gasteiger partial charge in [-0.3, -0.25) is 4.79 Å². The number of carbonyl (C=O) groups excluding carboxylic acids is 1. The smallest absolute Gasteiger partial charge is 0.224 e. The van der Waals surface area contributed by atoms with Crippen LogP contribution in [-0.4, -0.2) is 18.5 Å². The summed E-state index contributed by atoms with van der Waals surface area (Å²) in [5.41, 5.74) is 7.64. The predicted molar refractivity (Wildman–Crippen MR) is 89.2 cm³/mol. The molecule has 0 saturated heterocycles. The fourth-order valence-electron chi connectivity index (χ4n) is 4.38. The van der Waals surface area contributed by atoms with E-state index < -0.39 is 0 Å². The summed E-state index contributed by atoms with van der Waals surface area (Å²) in [6, 6.07) is 10.5. The van der Waals surface area contributed by atoms with Crippen LogP contribution >= 0.6 is 0 Å². The normalized spacial score (nSPS) is 30.5. The highest BCUT2D eigenvalue weighted by Gasteiger charge is 2.49. The standard InChI is InChI=1S/C19H28N2O/c1-19(2,11-13-6-4-3-5-7-13)12-21-18(22)16-14-8-9-15(10-14)17(16)20/h3-7,14-17H,8-12,20H2,1-2H3,(H,21,22). The molecule has 3 rings (SSSR count). The minimum atomic E-state index is 0.0475. The molecule has 3 N–H and O–H groups in total. The van der Waals surface area contributed by atoms with Gasteiger partial charge >= 0.3 is 0 Å². The van der Waals surface area contributed by atoms with Crippen molar-refractivity contribution < 1.29 is 4.79 Å². The molecule has 22 heavy (non-hydrogen) atoms. The van der Waals surface area contributed by atoms with E-state index in [0.29, 0.717) is 18.4 Å². The first kappa shape index (κ1) is 15.5. The molecule has 2 fully saturated rings. The Labute approximate surface area is 133 Å². The minimum absolute atomic E-state index is 0.0475. The van der Waals surface area contributed by atoms with Crippen molar-refractivity contribution in [2.45, 2.75) is 45.6 Å². The fourth-order valence-corrected chi connectivity index (χ4v) is 4.38. The van der Waals surface area contributed by atoms with E-state index in [9.17, 15) is 4.79 Å². The molecule has 0 heterocycles. The maximum absolute atomic E-state index is 12.6. The van der Waals surface area contributed by atoms with E-state index in [1.807, 2.05) is 6.07 Å². The first-order valence-corrected chi connectivity index (χ1v) is 8.53. The van der Waals surface area contributed by atoms with Crippen LogP contribution in [0, 0.1) is 23.2 Å². The molecule has 4 atom stereocenters. The van der Waals surface area contributed by atoms with Crippen molar-refractivity contribution in [3.8, 4) is 0 Å². The van der Waals surface area contributed by atoms with Crippen molar-refractivity contribution >= 4 is 5.91 Å². The zero-order chi connectivity index (χ0) is 15.7. The highest BCUT2D eigenvalue weighted by atomic mass is 16.1. The Hall–Kier alpha value is -1.35. The molecule has 2 bridgehead atoms. The van der Waals surface area contributed by atoms with Gasteiger partial charge in [-0.1, -0.05) is 44.2 Å². The molecule has 3 heteroatoms. The molecule has 1 aromatic rings. The van der Waals surface area contributed by atoms with Crippen LogP contribution in [0.25, 0.3) is 0 Å². The summed E-state index contributed by atoms with van der Waals surface area (Å²) in [5.74, 6) is 1.34. The Morgan fingerprint density at radius 2 is 1.91 bits per heavy atom. The summed E-state index contributed by atoms with van der Waals surface area (Å²) in [6.45, 7) is 5.13. The molecule has 0 spiro atoms. The molecule has 3 nitrogen and oxygen atoms in total. The average Bonchev–Trinajstić information content (AvgIpc) is 3.06. The Kier molecular flexibility index (Phi) is 4.26. The van der Waals surface area contributed by atoms with Crippen molar-refractivity contribution in [2.75, 3.05) is 6.54 Å². The molecule has 2 aliphatic carbocycles. The lowest BCUT2D eigenvalue weighted by Crippen LogP contribution is -2.47. The van der Waals surface area contributed by atoms with Gasteiger partial charge in [-0.2, -0.15) is 0 Å². The van der Waals surface area contributed by atoms with Crippen LogP contribution in [0.4, 0.5) is 0 Å². The van der Waals surface area contributed by atoms with Crippen LogP contribution < -0.4 is 11.1 Å². The Balaban J connectivity index is 1.54. The molecule has 1 amide bonds. The van der Waals surface area contributed by atoms with Gasteiger partial charge in [0.15, 0.2) is 0 Å². The molecule has 0 radical (unpaired) electrons. The molecule has 4 unspecified atom stereocenters. The van der Waals surface area contributed by atoms with Crippen LogP contribution in [0.2, 0.25) is 0 Å². The largest absolute Gasteiger partial charge is 0.355 e. The second-order valence-corrected chi connectivity index (χ2v) is 7.98. The number of amides is 1. The first-order chi connectivity index (χ1) is 10.5. The zero-order valence-corrected chi connectivity index (χ0v) is 13.7. The van der Waals surface area contributed by atoms with Gasteiger partial charge in [0.05, 0.1) is 5.92 Å². The van der Waals surface area contributed by atoms with E-state index in [1.165, 1.54) is 18.4 Å².